The van der Waals surface area contributed by atoms with Crippen molar-refractivity contribution >= 4 is 23.4 Å². The molecule has 0 aliphatic carbocycles. The molecule has 1 aliphatic rings. The first-order chi connectivity index (χ1) is 17.2. The van der Waals surface area contributed by atoms with Gasteiger partial charge < -0.3 is 24.6 Å². The van der Waals surface area contributed by atoms with Crippen LogP contribution in [-0.4, -0.2) is 78.5 Å². The van der Waals surface area contributed by atoms with Gasteiger partial charge in [-0.1, -0.05) is 13.8 Å². The summed E-state index contributed by atoms with van der Waals surface area (Å²) in [6, 6.07) is 8.19. The number of anilines is 1. The van der Waals surface area contributed by atoms with Crippen LogP contribution in [0, 0.1) is 5.92 Å². The van der Waals surface area contributed by atoms with E-state index in [0.717, 1.165) is 6.42 Å². The maximum atomic E-state index is 13.4. The predicted molar refractivity (Wildman–Crippen MR) is 137 cm³/mol. The highest BCUT2D eigenvalue weighted by molar-refractivity contribution is 5.98. The van der Waals surface area contributed by atoms with Gasteiger partial charge >= 0.3 is 0 Å². The van der Waals surface area contributed by atoms with E-state index in [1.165, 1.54) is 0 Å². The number of aromatic nitrogens is 1. The molecular weight excluding hydrogens is 460 g/mol. The second-order valence-electron chi connectivity index (χ2n) is 9.31. The van der Waals surface area contributed by atoms with Gasteiger partial charge in [-0.3, -0.25) is 19.4 Å². The average Bonchev–Trinajstić information content (AvgIpc) is 2.88. The minimum atomic E-state index is -0.309. The normalized spacial score (nSPS) is 21.0. The van der Waals surface area contributed by atoms with Gasteiger partial charge in [0.05, 0.1) is 23.3 Å². The molecule has 2 heterocycles. The van der Waals surface area contributed by atoms with Gasteiger partial charge in [0.1, 0.15) is 12.4 Å². The summed E-state index contributed by atoms with van der Waals surface area (Å²) in [6.45, 7) is 6.77. The molecule has 9 heteroatoms. The largest absolute Gasteiger partial charge is 0.491 e. The minimum absolute atomic E-state index is 0.0524. The molecule has 9 nitrogen and oxygen atoms in total. The van der Waals surface area contributed by atoms with E-state index in [0.29, 0.717) is 42.1 Å². The third-order valence-corrected chi connectivity index (χ3v) is 6.38. The third kappa shape index (κ3) is 6.60. The molecule has 0 bridgehead atoms. The van der Waals surface area contributed by atoms with Gasteiger partial charge in [-0.05, 0) is 37.6 Å². The molecular formula is C27H36N4O5. The number of fused-ring (bicyclic) bond motifs is 1. The Balaban J connectivity index is 1.97. The Bertz CT molecular complexity index is 1060. The number of nitrogens with one attached hydrogen (secondary N) is 1. The van der Waals surface area contributed by atoms with E-state index in [9.17, 15) is 14.4 Å². The van der Waals surface area contributed by atoms with Gasteiger partial charge in [-0.15, -0.1) is 0 Å². The van der Waals surface area contributed by atoms with Crippen LogP contribution in [0.15, 0.2) is 42.7 Å². The van der Waals surface area contributed by atoms with Crippen LogP contribution in [0.3, 0.4) is 0 Å². The fourth-order valence-electron chi connectivity index (χ4n) is 4.24. The Morgan fingerprint density at radius 3 is 2.67 bits per heavy atom. The molecule has 0 fully saturated rings. The van der Waals surface area contributed by atoms with Crippen molar-refractivity contribution in [1.29, 1.82) is 0 Å². The number of carbonyl (C=O) groups is 3. The lowest BCUT2D eigenvalue weighted by Gasteiger charge is -2.36. The first-order valence-electron chi connectivity index (χ1n) is 12.3. The van der Waals surface area contributed by atoms with Crippen LogP contribution < -0.4 is 10.1 Å². The van der Waals surface area contributed by atoms with Crippen molar-refractivity contribution in [2.24, 2.45) is 5.92 Å². The molecule has 0 saturated carbocycles. The Hall–Kier alpha value is -3.46. The number of nitrogens with zero attached hydrogens (tertiary/aromatic N) is 3. The molecule has 36 heavy (non-hydrogen) atoms. The zero-order valence-corrected chi connectivity index (χ0v) is 21.7. The van der Waals surface area contributed by atoms with Crippen LogP contribution in [-0.2, 0) is 9.53 Å². The molecule has 1 N–H and O–H groups in total. The monoisotopic (exact) mass is 496 g/mol. The Morgan fingerprint density at radius 2 is 2.00 bits per heavy atom. The zero-order valence-electron chi connectivity index (χ0n) is 21.7. The highest BCUT2D eigenvalue weighted by atomic mass is 16.5. The van der Waals surface area contributed by atoms with Crippen molar-refractivity contribution in [3.63, 3.8) is 0 Å². The van der Waals surface area contributed by atoms with Gasteiger partial charge in [0.2, 0.25) is 5.91 Å². The first-order valence-corrected chi connectivity index (χ1v) is 12.3. The van der Waals surface area contributed by atoms with E-state index in [2.05, 4.69) is 10.3 Å². The summed E-state index contributed by atoms with van der Waals surface area (Å²) in [5, 5.41) is 2.85. The second-order valence-corrected chi connectivity index (χ2v) is 9.31. The fraction of sp³-hybridized carbons (Fsp3) is 0.481. The summed E-state index contributed by atoms with van der Waals surface area (Å²) in [5.41, 5.74) is 1.42. The average molecular weight is 497 g/mol. The Labute approximate surface area is 212 Å². The fourth-order valence-corrected chi connectivity index (χ4v) is 4.24. The molecule has 0 radical (unpaired) electrons. The summed E-state index contributed by atoms with van der Waals surface area (Å²) in [4.78, 5) is 46.3. The van der Waals surface area contributed by atoms with Crippen LogP contribution in [0.2, 0.25) is 0 Å². The summed E-state index contributed by atoms with van der Waals surface area (Å²) >= 11 is 0. The maximum Gasteiger partial charge on any atom is 0.257 e. The molecule has 1 aliphatic heterocycles. The third-order valence-electron chi connectivity index (χ3n) is 6.38. The topological polar surface area (TPSA) is 101 Å². The van der Waals surface area contributed by atoms with Crippen LogP contribution in [0.25, 0.3) is 0 Å². The predicted octanol–water partition coefficient (Wildman–Crippen LogP) is 3.47. The molecule has 1 aromatic carbocycles. The molecule has 3 rings (SSSR count). The second kappa shape index (κ2) is 12.5. The van der Waals surface area contributed by atoms with Crippen molar-refractivity contribution in [2.45, 2.75) is 45.8 Å². The Kier molecular flexibility index (Phi) is 9.41. The highest BCUT2D eigenvalue weighted by Gasteiger charge is 2.31. The number of hydrogen-bond donors (Lipinski definition) is 1. The molecule has 0 spiro atoms. The molecule has 0 saturated heterocycles. The van der Waals surface area contributed by atoms with E-state index in [4.69, 9.17) is 9.47 Å². The number of pyridine rings is 1. The van der Waals surface area contributed by atoms with Crippen molar-refractivity contribution in [2.75, 3.05) is 39.2 Å². The van der Waals surface area contributed by atoms with Crippen LogP contribution in [0.1, 0.15) is 54.3 Å². The highest BCUT2D eigenvalue weighted by Crippen LogP contribution is 2.27. The van der Waals surface area contributed by atoms with Gasteiger partial charge in [0, 0.05) is 63.7 Å². The molecule has 3 amide bonds. The van der Waals surface area contributed by atoms with E-state index in [1.54, 1.807) is 66.7 Å². The van der Waals surface area contributed by atoms with Crippen molar-refractivity contribution in [3.05, 3.63) is 53.9 Å². The standard InChI is InChI=1S/C27H36N4O5/c1-6-8-25(32)29-21-10-11-22-23(13-21)36-17-19(3)31(26(33)20-9-7-12-28-14-20)15-18(2)24(35-5)16-30(4)27(22)34/h7,9-14,18-19,24H,6,8,15-17H2,1-5H3,(H,29,32)/t18-,19+,24+/m1/s1. The van der Waals surface area contributed by atoms with E-state index in [-0.39, 0.29) is 42.4 Å². The minimum Gasteiger partial charge on any atom is -0.491 e. The molecule has 2 aromatic rings. The number of likely N-dealkylation sites (N-methyl/N-ethyl adjacent to an activating group) is 1. The molecule has 3 atom stereocenters. The number of methoxy groups -OCH3 is 1. The van der Waals surface area contributed by atoms with Crippen LogP contribution in [0.4, 0.5) is 5.69 Å². The Morgan fingerprint density at radius 1 is 1.22 bits per heavy atom. The zero-order chi connectivity index (χ0) is 26.2. The number of hydrogen-bond acceptors (Lipinski definition) is 6. The lowest BCUT2D eigenvalue weighted by molar-refractivity contribution is -0.116. The van der Waals surface area contributed by atoms with Gasteiger partial charge in [0.15, 0.2) is 0 Å². The molecule has 1 aromatic heterocycles. The van der Waals surface area contributed by atoms with E-state index >= 15 is 0 Å². The SMILES string of the molecule is CCCC(=O)Nc1ccc2c(c1)OC[C@H](C)N(C(=O)c1cccnc1)C[C@@H](C)[C@@H](OC)CN(C)C2=O. The van der Waals surface area contributed by atoms with Crippen LogP contribution >= 0.6 is 0 Å². The first kappa shape index (κ1) is 27.1. The van der Waals surface area contributed by atoms with Crippen molar-refractivity contribution in [3.8, 4) is 5.75 Å². The summed E-state index contributed by atoms with van der Waals surface area (Å²) in [7, 11) is 3.33. The summed E-state index contributed by atoms with van der Waals surface area (Å²) in [5.74, 6) is -0.161. The van der Waals surface area contributed by atoms with Gasteiger partial charge in [-0.2, -0.15) is 0 Å². The number of rotatable bonds is 5. The lowest BCUT2D eigenvalue weighted by atomic mass is 10.0. The number of ether oxygens (including phenoxy) is 2. The molecule has 0 unspecified atom stereocenters. The number of carbonyl (C=O) groups excluding carboxylic acids is 3. The molecule has 194 valence electrons. The number of amides is 3. The van der Waals surface area contributed by atoms with E-state index in [1.807, 2.05) is 20.8 Å². The summed E-state index contributed by atoms with van der Waals surface area (Å²) in [6.07, 6.45) is 4.03. The van der Waals surface area contributed by atoms with Crippen molar-refractivity contribution < 1.29 is 23.9 Å². The van der Waals surface area contributed by atoms with Gasteiger partial charge in [0.25, 0.3) is 11.8 Å². The lowest BCUT2D eigenvalue weighted by Crippen LogP contribution is -2.48. The van der Waals surface area contributed by atoms with Crippen molar-refractivity contribution in [1.82, 2.24) is 14.8 Å². The van der Waals surface area contributed by atoms with Gasteiger partial charge in [-0.25, -0.2) is 0 Å². The smallest absolute Gasteiger partial charge is 0.257 e. The summed E-state index contributed by atoms with van der Waals surface area (Å²) < 4.78 is 11.9. The maximum absolute atomic E-state index is 13.4. The van der Waals surface area contributed by atoms with Crippen LogP contribution in [0.5, 0.6) is 5.75 Å². The van der Waals surface area contributed by atoms with E-state index < -0.39 is 0 Å². The quantitative estimate of drug-likeness (QED) is 0.680. The number of benzene rings is 1.